The molecule has 0 bridgehead atoms. The van der Waals surface area contributed by atoms with Crippen LogP contribution in [0.3, 0.4) is 0 Å². The summed E-state index contributed by atoms with van der Waals surface area (Å²) < 4.78 is 0. The number of amides is 1. The Hall–Kier alpha value is -1.34. The van der Waals surface area contributed by atoms with E-state index in [4.69, 9.17) is 21.8 Å². The molecule has 1 rings (SSSR count). The van der Waals surface area contributed by atoms with Crippen molar-refractivity contribution in [3.05, 3.63) is 0 Å². The van der Waals surface area contributed by atoms with E-state index < -0.39 is 12.0 Å². The number of nitrogens with zero attached hydrogens (tertiary/aromatic N) is 1. The lowest BCUT2D eigenvalue weighted by Gasteiger charge is -2.16. The van der Waals surface area contributed by atoms with Gasteiger partial charge in [0.2, 0.25) is 5.91 Å². The maximum Gasteiger partial charge on any atom is 0.247 e. The molecule has 0 heterocycles. The summed E-state index contributed by atoms with van der Waals surface area (Å²) >= 11 is 0. The van der Waals surface area contributed by atoms with Crippen LogP contribution in [0.1, 0.15) is 19.3 Å². The average Bonchev–Trinajstić information content (AvgIpc) is 2.97. The normalized spacial score (nSPS) is 20.4. The number of primary amides is 1. The summed E-state index contributed by atoms with van der Waals surface area (Å²) in [5.41, 5.74) is 10.3. The quantitative estimate of drug-likeness (QED) is 0.154. The fourth-order valence-electron chi connectivity index (χ4n) is 1.59. The van der Waals surface area contributed by atoms with Crippen LogP contribution in [0.5, 0.6) is 0 Å². The van der Waals surface area contributed by atoms with E-state index in [9.17, 15) is 4.79 Å². The molecule has 0 aromatic rings. The van der Waals surface area contributed by atoms with Crippen LogP contribution in [0.15, 0.2) is 5.16 Å². The average molecular weight is 230 g/mol. The summed E-state index contributed by atoms with van der Waals surface area (Å²) in [7, 11) is 0. The summed E-state index contributed by atoms with van der Waals surface area (Å²) in [5.74, 6) is -0.538. The first-order chi connectivity index (χ1) is 7.49. The van der Waals surface area contributed by atoms with Gasteiger partial charge in [-0.05, 0) is 18.3 Å². The van der Waals surface area contributed by atoms with Gasteiger partial charge in [0, 0.05) is 19.5 Å². The first kappa shape index (κ1) is 12.7. The molecule has 1 atom stereocenters. The van der Waals surface area contributed by atoms with Crippen molar-refractivity contribution in [2.75, 3.05) is 13.1 Å². The third kappa shape index (κ3) is 3.67. The summed E-state index contributed by atoms with van der Waals surface area (Å²) in [6.07, 6.45) is 1.33. The highest BCUT2D eigenvalue weighted by atomic mass is 16.4. The van der Waals surface area contributed by atoms with E-state index in [1.165, 1.54) is 0 Å². The second-order valence-electron chi connectivity index (χ2n) is 4.32. The zero-order chi connectivity index (χ0) is 12.2. The predicted octanol–water partition coefficient (Wildman–Crippen LogP) is -1.66. The molecule has 0 aromatic heterocycles. The molecular weight excluding hydrogens is 212 g/mol. The summed E-state index contributed by atoms with van der Waals surface area (Å²) in [6.45, 7) is 0.751. The first-order valence-corrected chi connectivity index (χ1v) is 5.14. The van der Waals surface area contributed by atoms with Gasteiger partial charge in [0.15, 0.2) is 0 Å². The zero-order valence-electron chi connectivity index (χ0n) is 9.02. The maximum atomic E-state index is 10.6. The maximum absolute atomic E-state index is 10.6. The van der Waals surface area contributed by atoms with Gasteiger partial charge in [-0.1, -0.05) is 5.16 Å². The number of rotatable bonds is 7. The topological polar surface area (TPSA) is 134 Å². The van der Waals surface area contributed by atoms with Crippen molar-refractivity contribution in [2.45, 2.75) is 25.4 Å². The standard InChI is InChI=1S/C9H18N4O3/c10-7(13-16)3-9(1-2-9)5-12-4-6(14)8(11)15/h6,12,14,16H,1-5H2,(H2,10,13)(H2,11,15). The van der Waals surface area contributed by atoms with E-state index >= 15 is 0 Å². The van der Waals surface area contributed by atoms with E-state index in [1.54, 1.807) is 0 Å². The van der Waals surface area contributed by atoms with E-state index in [-0.39, 0.29) is 17.8 Å². The molecule has 7 heteroatoms. The molecule has 7 N–H and O–H groups in total. The van der Waals surface area contributed by atoms with Crippen LogP contribution in [0.25, 0.3) is 0 Å². The van der Waals surface area contributed by atoms with E-state index in [0.29, 0.717) is 13.0 Å². The lowest BCUT2D eigenvalue weighted by molar-refractivity contribution is -0.125. The van der Waals surface area contributed by atoms with Crippen LogP contribution in [-0.2, 0) is 4.79 Å². The number of hydrogen-bond donors (Lipinski definition) is 5. The number of aliphatic hydroxyl groups excluding tert-OH is 1. The summed E-state index contributed by atoms with van der Waals surface area (Å²) in [5, 5.41) is 23.5. The summed E-state index contributed by atoms with van der Waals surface area (Å²) in [6, 6.07) is 0. The number of amidine groups is 1. The number of nitrogens with one attached hydrogen (secondary N) is 1. The van der Waals surface area contributed by atoms with Crippen molar-refractivity contribution in [3.63, 3.8) is 0 Å². The molecule has 0 aliphatic heterocycles. The molecule has 1 amide bonds. The Balaban J connectivity index is 2.25. The lowest BCUT2D eigenvalue weighted by atomic mass is 10.0. The molecule has 0 radical (unpaired) electrons. The Bertz CT molecular complexity index is 288. The van der Waals surface area contributed by atoms with Crippen molar-refractivity contribution in [2.24, 2.45) is 22.0 Å². The number of aliphatic hydroxyl groups is 1. The Morgan fingerprint density at radius 2 is 2.12 bits per heavy atom. The van der Waals surface area contributed by atoms with Gasteiger partial charge in [-0.3, -0.25) is 4.79 Å². The van der Waals surface area contributed by atoms with Crippen molar-refractivity contribution < 1.29 is 15.1 Å². The molecule has 1 fully saturated rings. The molecule has 0 spiro atoms. The molecule has 7 nitrogen and oxygen atoms in total. The van der Waals surface area contributed by atoms with Crippen molar-refractivity contribution in [1.82, 2.24) is 5.32 Å². The fourth-order valence-corrected chi connectivity index (χ4v) is 1.59. The minimum atomic E-state index is -1.17. The minimum Gasteiger partial charge on any atom is -0.409 e. The van der Waals surface area contributed by atoms with Crippen molar-refractivity contribution in [1.29, 1.82) is 0 Å². The molecule has 16 heavy (non-hydrogen) atoms. The van der Waals surface area contributed by atoms with Crippen LogP contribution < -0.4 is 16.8 Å². The van der Waals surface area contributed by atoms with Crippen LogP contribution in [0.2, 0.25) is 0 Å². The van der Waals surface area contributed by atoms with E-state index in [0.717, 1.165) is 12.8 Å². The number of nitrogens with two attached hydrogens (primary N) is 2. The highest BCUT2D eigenvalue weighted by molar-refractivity contribution is 5.80. The van der Waals surface area contributed by atoms with Crippen LogP contribution in [-0.4, -0.2) is 41.3 Å². The van der Waals surface area contributed by atoms with E-state index in [1.807, 2.05) is 0 Å². The molecule has 1 saturated carbocycles. The second kappa shape index (κ2) is 5.13. The number of oxime groups is 1. The molecule has 1 aliphatic carbocycles. The van der Waals surface area contributed by atoms with Crippen LogP contribution in [0, 0.1) is 5.41 Å². The third-order valence-corrected chi connectivity index (χ3v) is 2.81. The smallest absolute Gasteiger partial charge is 0.247 e. The van der Waals surface area contributed by atoms with Gasteiger partial charge < -0.3 is 27.1 Å². The largest absolute Gasteiger partial charge is 0.409 e. The third-order valence-electron chi connectivity index (χ3n) is 2.81. The van der Waals surface area contributed by atoms with Gasteiger partial charge in [0.1, 0.15) is 11.9 Å². The highest BCUT2D eigenvalue weighted by Gasteiger charge is 2.42. The highest BCUT2D eigenvalue weighted by Crippen LogP contribution is 2.48. The zero-order valence-corrected chi connectivity index (χ0v) is 9.02. The molecule has 92 valence electrons. The van der Waals surface area contributed by atoms with Crippen LogP contribution >= 0.6 is 0 Å². The molecule has 1 aliphatic rings. The first-order valence-electron chi connectivity index (χ1n) is 5.14. The van der Waals surface area contributed by atoms with Crippen LogP contribution in [0.4, 0.5) is 0 Å². The minimum absolute atomic E-state index is 0.00762. The Morgan fingerprint density at radius 1 is 1.50 bits per heavy atom. The van der Waals surface area contributed by atoms with Gasteiger partial charge in [-0.25, -0.2) is 0 Å². The molecule has 1 unspecified atom stereocenters. The number of carbonyl (C=O) groups excluding carboxylic acids is 1. The molecule has 0 aromatic carbocycles. The monoisotopic (exact) mass is 230 g/mol. The Labute approximate surface area is 93.5 Å². The predicted molar refractivity (Wildman–Crippen MR) is 57.8 cm³/mol. The van der Waals surface area contributed by atoms with Gasteiger partial charge in [0.05, 0.1) is 0 Å². The molecule has 0 saturated heterocycles. The van der Waals surface area contributed by atoms with Gasteiger partial charge in [-0.15, -0.1) is 0 Å². The Kier molecular flexibility index (Phi) is 4.08. The van der Waals surface area contributed by atoms with Gasteiger partial charge in [-0.2, -0.15) is 0 Å². The van der Waals surface area contributed by atoms with Crippen molar-refractivity contribution in [3.8, 4) is 0 Å². The Morgan fingerprint density at radius 3 is 2.56 bits per heavy atom. The fraction of sp³-hybridized carbons (Fsp3) is 0.778. The SMILES string of the molecule is NC(=O)C(O)CNCC1(CC(N)=NO)CC1. The molecular formula is C9H18N4O3. The van der Waals surface area contributed by atoms with E-state index in [2.05, 4.69) is 10.5 Å². The summed E-state index contributed by atoms with van der Waals surface area (Å²) in [4.78, 5) is 10.6. The van der Waals surface area contributed by atoms with Gasteiger partial charge in [0.25, 0.3) is 0 Å². The second-order valence-corrected chi connectivity index (χ2v) is 4.32. The number of hydrogen-bond acceptors (Lipinski definition) is 5. The van der Waals surface area contributed by atoms with Gasteiger partial charge >= 0.3 is 0 Å². The lowest BCUT2D eigenvalue weighted by Crippen LogP contribution is -2.40. The van der Waals surface area contributed by atoms with Crippen molar-refractivity contribution >= 4 is 11.7 Å². The number of carbonyl (C=O) groups is 1.